The van der Waals surface area contributed by atoms with Crippen molar-refractivity contribution in [2.75, 3.05) is 12.4 Å². The van der Waals surface area contributed by atoms with Gasteiger partial charge in [-0.3, -0.25) is 0 Å². The van der Waals surface area contributed by atoms with Crippen LogP contribution in [0, 0.1) is 5.82 Å². The standard InChI is InChI=1S/C12H10Cl2FN3O/c1-19-6-8-5-11(14)18-12(16-8)17-10-3-2-7(15)4-9(10)13/h2-5H,6H2,1H3,(H,16,17,18). The summed E-state index contributed by atoms with van der Waals surface area (Å²) >= 11 is 11.8. The number of anilines is 2. The van der Waals surface area contributed by atoms with Crippen LogP contribution in [0.4, 0.5) is 16.0 Å². The number of hydrogen-bond acceptors (Lipinski definition) is 4. The molecular formula is C12H10Cl2FN3O. The molecule has 0 radical (unpaired) electrons. The number of benzene rings is 1. The summed E-state index contributed by atoms with van der Waals surface area (Å²) in [5, 5.41) is 3.39. The fraction of sp³-hybridized carbons (Fsp3) is 0.167. The van der Waals surface area contributed by atoms with Gasteiger partial charge in [0.1, 0.15) is 11.0 Å². The Bertz CT molecular complexity index is 595. The number of rotatable bonds is 4. The van der Waals surface area contributed by atoms with E-state index in [0.717, 1.165) is 0 Å². The normalized spacial score (nSPS) is 10.5. The first kappa shape index (κ1) is 14.0. The third-order valence-corrected chi connectivity index (χ3v) is 2.72. The molecule has 2 rings (SSSR count). The molecule has 7 heteroatoms. The van der Waals surface area contributed by atoms with Gasteiger partial charge in [-0.1, -0.05) is 23.2 Å². The number of nitrogens with zero attached hydrogens (tertiary/aromatic N) is 2. The second kappa shape index (κ2) is 6.14. The molecular weight excluding hydrogens is 292 g/mol. The van der Waals surface area contributed by atoms with Crippen LogP contribution in [0.2, 0.25) is 10.2 Å². The van der Waals surface area contributed by atoms with Gasteiger partial charge < -0.3 is 10.1 Å². The van der Waals surface area contributed by atoms with Gasteiger partial charge in [-0.05, 0) is 24.3 Å². The van der Waals surface area contributed by atoms with Gasteiger partial charge in [-0.2, -0.15) is 0 Å². The number of halogens is 3. The molecule has 1 aromatic carbocycles. The Morgan fingerprint density at radius 1 is 1.26 bits per heavy atom. The second-order valence-electron chi connectivity index (χ2n) is 3.69. The zero-order valence-electron chi connectivity index (χ0n) is 9.95. The Morgan fingerprint density at radius 3 is 2.74 bits per heavy atom. The molecule has 1 heterocycles. The highest BCUT2D eigenvalue weighted by Crippen LogP contribution is 2.25. The van der Waals surface area contributed by atoms with Crippen LogP contribution in [-0.4, -0.2) is 17.1 Å². The molecule has 0 spiro atoms. The Labute approximate surface area is 119 Å². The highest BCUT2D eigenvalue weighted by atomic mass is 35.5. The number of ether oxygens (including phenoxy) is 1. The third kappa shape index (κ3) is 3.76. The maximum Gasteiger partial charge on any atom is 0.228 e. The number of hydrogen-bond donors (Lipinski definition) is 1. The maximum absolute atomic E-state index is 12.9. The molecule has 1 N–H and O–H groups in total. The monoisotopic (exact) mass is 301 g/mol. The molecule has 0 fully saturated rings. The van der Waals surface area contributed by atoms with Crippen LogP contribution in [0.3, 0.4) is 0 Å². The van der Waals surface area contributed by atoms with Crippen LogP contribution in [0.25, 0.3) is 0 Å². The van der Waals surface area contributed by atoms with Crippen molar-refractivity contribution in [2.45, 2.75) is 6.61 Å². The van der Waals surface area contributed by atoms with Gasteiger partial charge in [-0.25, -0.2) is 14.4 Å². The highest BCUT2D eigenvalue weighted by Gasteiger charge is 2.07. The number of aromatic nitrogens is 2. The van der Waals surface area contributed by atoms with Crippen LogP contribution < -0.4 is 5.32 Å². The maximum atomic E-state index is 12.9. The van der Waals surface area contributed by atoms with Gasteiger partial charge in [-0.15, -0.1) is 0 Å². The van der Waals surface area contributed by atoms with E-state index < -0.39 is 5.82 Å². The Kier molecular flexibility index (Phi) is 4.52. The van der Waals surface area contributed by atoms with Gasteiger partial charge in [0, 0.05) is 7.11 Å². The SMILES string of the molecule is COCc1cc(Cl)nc(Nc2ccc(F)cc2Cl)n1. The first-order valence-electron chi connectivity index (χ1n) is 5.33. The summed E-state index contributed by atoms with van der Waals surface area (Å²) in [6.07, 6.45) is 0. The summed E-state index contributed by atoms with van der Waals surface area (Å²) in [5.74, 6) is -0.143. The fourth-order valence-electron chi connectivity index (χ4n) is 1.45. The van der Waals surface area contributed by atoms with E-state index in [9.17, 15) is 4.39 Å². The van der Waals surface area contributed by atoms with E-state index in [1.807, 2.05) is 0 Å². The lowest BCUT2D eigenvalue weighted by Crippen LogP contribution is -2.02. The molecule has 0 aliphatic heterocycles. The van der Waals surface area contributed by atoms with Crippen LogP contribution >= 0.6 is 23.2 Å². The number of nitrogens with one attached hydrogen (secondary N) is 1. The Balaban J connectivity index is 2.27. The summed E-state index contributed by atoms with van der Waals surface area (Å²) in [5.41, 5.74) is 1.12. The van der Waals surface area contributed by atoms with Gasteiger partial charge >= 0.3 is 0 Å². The first-order valence-corrected chi connectivity index (χ1v) is 6.08. The predicted octanol–water partition coefficient (Wildman–Crippen LogP) is 3.81. The smallest absolute Gasteiger partial charge is 0.228 e. The summed E-state index contributed by atoms with van der Waals surface area (Å²) < 4.78 is 17.9. The summed E-state index contributed by atoms with van der Waals surface area (Å²) in [6, 6.07) is 5.58. The molecule has 4 nitrogen and oxygen atoms in total. The molecule has 19 heavy (non-hydrogen) atoms. The van der Waals surface area contributed by atoms with E-state index in [0.29, 0.717) is 18.0 Å². The average molecular weight is 302 g/mol. The topological polar surface area (TPSA) is 47.0 Å². The van der Waals surface area contributed by atoms with Crippen molar-refractivity contribution in [2.24, 2.45) is 0 Å². The summed E-state index contributed by atoms with van der Waals surface area (Å²) in [6.45, 7) is 0.314. The lowest BCUT2D eigenvalue weighted by atomic mass is 10.3. The molecule has 0 amide bonds. The van der Waals surface area contributed by atoms with Crippen molar-refractivity contribution in [3.63, 3.8) is 0 Å². The van der Waals surface area contributed by atoms with E-state index >= 15 is 0 Å². The van der Waals surface area contributed by atoms with Crippen molar-refractivity contribution in [3.8, 4) is 0 Å². The van der Waals surface area contributed by atoms with Crippen LogP contribution in [-0.2, 0) is 11.3 Å². The first-order chi connectivity index (χ1) is 9.08. The highest BCUT2D eigenvalue weighted by molar-refractivity contribution is 6.33. The quantitative estimate of drug-likeness (QED) is 0.872. The van der Waals surface area contributed by atoms with E-state index in [2.05, 4.69) is 15.3 Å². The molecule has 1 aromatic heterocycles. The van der Waals surface area contributed by atoms with Crippen molar-refractivity contribution < 1.29 is 9.13 Å². The van der Waals surface area contributed by atoms with Crippen molar-refractivity contribution >= 4 is 34.8 Å². The molecule has 0 bridgehead atoms. The minimum atomic E-state index is -0.414. The minimum Gasteiger partial charge on any atom is -0.378 e. The van der Waals surface area contributed by atoms with Crippen molar-refractivity contribution in [1.82, 2.24) is 9.97 Å². The molecule has 0 saturated carbocycles. The lowest BCUT2D eigenvalue weighted by Gasteiger charge is -2.08. The lowest BCUT2D eigenvalue weighted by molar-refractivity contribution is 0.181. The third-order valence-electron chi connectivity index (χ3n) is 2.22. The van der Waals surface area contributed by atoms with Crippen LogP contribution in [0.15, 0.2) is 24.3 Å². The average Bonchev–Trinajstić information content (AvgIpc) is 2.32. The Hall–Kier alpha value is -1.43. The van der Waals surface area contributed by atoms with Gasteiger partial charge in [0.25, 0.3) is 0 Å². The molecule has 100 valence electrons. The fourth-order valence-corrected chi connectivity index (χ4v) is 1.87. The zero-order chi connectivity index (χ0) is 13.8. The van der Waals surface area contributed by atoms with Gasteiger partial charge in [0.15, 0.2) is 0 Å². The van der Waals surface area contributed by atoms with Gasteiger partial charge in [0.05, 0.1) is 23.0 Å². The van der Waals surface area contributed by atoms with E-state index in [-0.39, 0.29) is 16.1 Å². The van der Waals surface area contributed by atoms with E-state index in [4.69, 9.17) is 27.9 Å². The van der Waals surface area contributed by atoms with Gasteiger partial charge in [0.2, 0.25) is 5.95 Å². The van der Waals surface area contributed by atoms with Crippen molar-refractivity contribution in [3.05, 3.63) is 46.0 Å². The predicted molar refractivity (Wildman–Crippen MR) is 72.4 cm³/mol. The number of methoxy groups -OCH3 is 1. The zero-order valence-corrected chi connectivity index (χ0v) is 11.5. The van der Waals surface area contributed by atoms with E-state index in [1.54, 1.807) is 13.2 Å². The second-order valence-corrected chi connectivity index (χ2v) is 4.48. The van der Waals surface area contributed by atoms with E-state index in [1.165, 1.54) is 18.2 Å². The molecule has 0 aliphatic carbocycles. The molecule has 0 atom stereocenters. The summed E-state index contributed by atoms with van der Waals surface area (Å²) in [4.78, 5) is 8.21. The molecule has 0 aliphatic rings. The summed E-state index contributed by atoms with van der Waals surface area (Å²) in [7, 11) is 1.56. The minimum absolute atomic E-state index is 0.233. The molecule has 0 unspecified atom stereocenters. The van der Waals surface area contributed by atoms with Crippen molar-refractivity contribution in [1.29, 1.82) is 0 Å². The largest absolute Gasteiger partial charge is 0.378 e. The Morgan fingerprint density at radius 2 is 2.05 bits per heavy atom. The molecule has 0 saturated heterocycles. The van der Waals surface area contributed by atoms with Crippen LogP contribution in [0.1, 0.15) is 5.69 Å². The van der Waals surface area contributed by atoms with Crippen LogP contribution in [0.5, 0.6) is 0 Å². The molecule has 2 aromatic rings.